The topological polar surface area (TPSA) is 53.9 Å². The molecule has 0 amide bonds. The molecule has 0 radical (unpaired) electrons. The summed E-state index contributed by atoms with van der Waals surface area (Å²) in [7, 11) is 3.30. The third-order valence-electron chi connectivity index (χ3n) is 4.17. The zero-order chi connectivity index (χ0) is 16.4. The summed E-state index contributed by atoms with van der Waals surface area (Å²) in [5.41, 5.74) is 0. The maximum Gasteiger partial charge on any atom is 0.305 e. The molecule has 0 aromatic carbocycles. The van der Waals surface area contributed by atoms with Crippen LogP contribution in [0.25, 0.3) is 0 Å². The first-order valence-corrected chi connectivity index (χ1v) is 8.59. The average molecular weight is 311 g/mol. The van der Waals surface area contributed by atoms with Gasteiger partial charge in [0.15, 0.2) is 5.96 Å². The van der Waals surface area contributed by atoms with Crippen molar-refractivity contribution in [2.45, 2.75) is 52.4 Å². The van der Waals surface area contributed by atoms with Gasteiger partial charge in [-0.1, -0.05) is 20.3 Å². The number of unbranched alkanes of at least 4 members (excludes halogenated alkanes) is 2. The summed E-state index contributed by atoms with van der Waals surface area (Å²) in [5.74, 6) is 2.49. The first-order chi connectivity index (χ1) is 10.6. The normalized spacial score (nSPS) is 18.9. The predicted octanol–water partition coefficient (Wildman–Crippen LogP) is 2.66. The number of hydrogen-bond donors (Lipinski definition) is 1. The lowest BCUT2D eigenvalue weighted by atomic mass is 9.97. The van der Waals surface area contributed by atoms with E-state index < -0.39 is 0 Å². The minimum absolute atomic E-state index is 0.114. The van der Waals surface area contributed by atoms with E-state index in [1.54, 1.807) is 0 Å². The van der Waals surface area contributed by atoms with Crippen LogP contribution in [0.15, 0.2) is 4.99 Å². The third-order valence-corrected chi connectivity index (χ3v) is 4.17. The first kappa shape index (κ1) is 18.8. The van der Waals surface area contributed by atoms with Crippen molar-refractivity contribution >= 4 is 11.9 Å². The zero-order valence-corrected chi connectivity index (χ0v) is 14.7. The van der Waals surface area contributed by atoms with Crippen LogP contribution in [-0.4, -0.2) is 50.6 Å². The number of guanidine groups is 1. The molecule has 5 nitrogen and oxygen atoms in total. The highest BCUT2D eigenvalue weighted by atomic mass is 16.5. The van der Waals surface area contributed by atoms with Crippen LogP contribution in [0.1, 0.15) is 52.4 Å². The Bertz CT molecular complexity index is 356. The molecule has 0 aromatic heterocycles. The highest BCUT2D eigenvalue weighted by Gasteiger charge is 2.25. The Morgan fingerprint density at radius 1 is 1.36 bits per heavy atom. The molecule has 1 rings (SSSR count). The molecule has 0 bridgehead atoms. The summed E-state index contributed by atoms with van der Waals surface area (Å²) in [6.45, 7) is 7.74. The predicted molar refractivity (Wildman–Crippen MR) is 91.0 cm³/mol. The molecule has 1 unspecified atom stereocenters. The Morgan fingerprint density at radius 3 is 2.77 bits per heavy atom. The van der Waals surface area contributed by atoms with Crippen LogP contribution in [0.3, 0.4) is 0 Å². The van der Waals surface area contributed by atoms with Crippen molar-refractivity contribution in [3.8, 4) is 0 Å². The van der Waals surface area contributed by atoms with E-state index >= 15 is 0 Å². The standard InChI is InChI=1S/C17H33N3O2/c1-14(2)12-15-9-11-20(13-15)17(18-3)19-10-7-5-6-8-16(21)22-4/h14-15H,5-13H2,1-4H3,(H,18,19). The molecular weight excluding hydrogens is 278 g/mol. The molecule has 128 valence electrons. The van der Waals surface area contributed by atoms with Gasteiger partial charge in [0, 0.05) is 33.1 Å². The minimum atomic E-state index is -0.114. The summed E-state index contributed by atoms with van der Waals surface area (Å²) < 4.78 is 4.64. The lowest BCUT2D eigenvalue weighted by Gasteiger charge is -2.22. The quantitative estimate of drug-likeness (QED) is 0.324. The van der Waals surface area contributed by atoms with Crippen molar-refractivity contribution in [3.63, 3.8) is 0 Å². The van der Waals surface area contributed by atoms with Crippen LogP contribution in [-0.2, 0) is 9.53 Å². The monoisotopic (exact) mass is 311 g/mol. The Labute approximate surface area is 135 Å². The summed E-state index contributed by atoms with van der Waals surface area (Å²) >= 11 is 0. The Kier molecular flexibility index (Phi) is 8.94. The van der Waals surface area contributed by atoms with Gasteiger partial charge in [-0.2, -0.15) is 0 Å². The Balaban J connectivity index is 2.17. The van der Waals surface area contributed by atoms with Crippen molar-refractivity contribution in [1.82, 2.24) is 10.2 Å². The highest BCUT2D eigenvalue weighted by molar-refractivity contribution is 5.80. The minimum Gasteiger partial charge on any atom is -0.469 e. The van der Waals surface area contributed by atoms with Gasteiger partial charge < -0.3 is 15.0 Å². The lowest BCUT2D eigenvalue weighted by molar-refractivity contribution is -0.140. The van der Waals surface area contributed by atoms with E-state index in [-0.39, 0.29) is 5.97 Å². The summed E-state index contributed by atoms with van der Waals surface area (Å²) in [6, 6.07) is 0. The number of methoxy groups -OCH3 is 1. The van der Waals surface area contributed by atoms with Crippen molar-refractivity contribution in [2.75, 3.05) is 33.8 Å². The lowest BCUT2D eigenvalue weighted by Crippen LogP contribution is -2.40. The number of aliphatic imine (C=N–C) groups is 1. The molecule has 0 spiro atoms. The van der Waals surface area contributed by atoms with Crippen LogP contribution < -0.4 is 5.32 Å². The number of carbonyl (C=O) groups excluding carboxylic acids is 1. The van der Waals surface area contributed by atoms with Crippen molar-refractivity contribution < 1.29 is 9.53 Å². The van der Waals surface area contributed by atoms with E-state index in [1.165, 1.54) is 20.0 Å². The van der Waals surface area contributed by atoms with Crippen molar-refractivity contribution in [3.05, 3.63) is 0 Å². The fourth-order valence-corrected chi connectivity index (χ4v) is 3.09. The van der Waals surface area contributed by atoms with Crippen LogP contribution >= 0.6 is 0 Å². The van der Waals surface area contributed by atoms with Gasteiger partial charge in [0.05, 0.1) is 7.11 Å². The number of likely N-dealkylation sites (tertiary alicyclic amines) is 1. The SMILES string of the molecule is CN=C(NCCCCCC(=O)OC)N1CCC(CC(C)C)C1. The number of esters is 1. The fraction of sp³-hybridized carbons (Fsp3) is 0.882. The maximum absolute atomic E-state index is 11.0. The van der Waals surface area contributed by atoms with Crippen LogP contribution in [0, 0.1) is 11.8 Å². The van der Waals surface area contributed by atoms with Gasteiger partial charge in [-0.05, 0) is 37.5 Å². The number of nitrogens with one attached hydrogen (secondary N) is 1. The van der Waals surface area contributed by atoms with Gasteiger partial charge in [0.1, 0.15) is 0 Å². The van der Waals surface area contributed by atoms with E-state index in [9.17, 15) is 4.79 Å². The van der Waals surface area contributed by atoms with E-state index in [1.807, 2.05) is 7.05 Å². The Morgan fingerprint density at radius 2 is 2.14 bits per heavy atom. The van der Waals surface area contributed by atoms with Crippen molar-refractivity contribution in [1.29, 1.82) is 0 Å². The summed E-state index contributed by atoms with van der Waals surface area (Å²) in [5, 5.41) is 3.45. The zero-order valence-electron chi connectivity index (χ0n) is 14.7. The smallest absolute Gasteiger partial charge is 0.305 e. The van der Waals surface area contributed by atoms with Crippen LogP contribution in [0.2, 0.25) is 0 Å². The van der Waals surface area contributed by atoms with Gasteiger partial charge in [-0.15, -0.1) is 0 Å². The molecule has 1 fully saturated rings. The molecule has 1 saturated heterocycles. The van der Waals surface area contributed by atoms with E-state index in [0.29, 0.717) is 6.42 Å². The average Bonchev–Trinajstić information content (AvgIpc) is 2.93. The molecule has 22 heavy (non-hydrogen) atoms. The molecule has 0 saturated carbocycles. The first-order valence-electron chi connectivity index (χ1n) is 8.59. The van der Waals surface area contributed by atoms with E-state index in [2.05, 4.69) is 33.8 Å². The summed E-state index contributed by atoms with van der Waals surface area (Å²) in [4.78, 5) is 17.8. The highest BCUT2D eigenvalue weighted by Crippen LogP contribution is 2.23. The second kappa shape index (κ2) is 10.5. The van der Waals surface area contributed by atoms with Gasteiger partial charge in [0.2, 0.25) is 0 Å². The maximum atomic E-state index is 11.0. The van der Waals surface area contributed by atoms with Gasteiger partial charge in [0.25, 0.3) is 0 Å². The number of ether oxygens (including phenoxy) is 1. The fourth-order valence-electron chi connectivity index (χ4n) is 3.09. The van der Waals surface area contributed by atoms with E-state index in [4.69, 9.17) is 0 Å². The van der Waals surface area contributed by atoms with Crippen LogP contribution in [0.4, 0.5) is 0 Å². The van der Waals surface area contributed by atoms with Gasteiger partial charge in [-0.3, -0.25) is 9.79 Å². The number of hydrogen-bond acceptors (Lipinski definition) is 3. The van der Waals surface area contributed by atoms with Gasteiger partial charge >= 0.3 is 5.97 Å². The molecule has 1 atom stereocenters. The molecular formula is C17H33N3O2. The molecule has 0 aromatic rings. The second-order valence-corrected chi connectivity index (χ2v) is 6.59. The van der Waals surface area contributed by atoms with E-state index in [0.717, 1.165) is 56.7 Å². The number of carbonyl (C=O) groups is 1. The van der Waals surface area contributed by atoms with Gasteiger partial charge in [-0.25, -0.2) is 0 Å². The molecule has 1 N–H and O–H groups in total. The molecule has 5 heteroatoms. The third kappa shape index (κ3) is 7.14. The molecule has 1 aliphatic rings. The Hall–Kier alpha value is -1.26. The molecule has 0 aliphatic carbocycles. The molecule has 1 aliphatic heterocycles. The number of rotatable bonds is 8. The largest absolute Gasteiger partial charge is 0.469 e. The second-order valence-electron chi connectivity index (χ2n) is 6.59. The van der Waals surface area contributed by atoms with Crippen LogP contribution in [0.5, 0.6) is 0 Å². The molecule has 1 heterocycles. The van der Waals surface area contributed by atoms with Crippen molar-refractivity contribution in [2.24, 2.45) is 16.8 Å². The summed E-state index contributed by atoms with van der Waals surface area (Å²) in [6.07, 6.45) is 6.09. The number of nitrogens with zero attached hydrogens (tertiary/aromatic N) is 2.